The maximum absolute atomic E-state index is 12.8. The molecule has 1 aromatic heterocycles. The molecule has 10 heteroatoms. The molecule has 1 aliphatic rings. The molecule has 1 aromatic carbocycles. The van der Waals surface area contributed by atoms with Gasteiger partial charge in [-0.3, -0.25) is 14.4 Å². The fraction of sp³-hybridized carbons (Fsp3) is 0.300. The number of fused-ring (bicyclic) bond motifs is 3. The Balaban J connectivity index is 1.75. The average molecular weight is 420 g/mol. The SMILES string of the molecule is C[C@H](NC(=O)CCC(F)(F)F)C(=O)N[C@@H]1C(=O)Nc2ncccc2-c2ccccc21. The van der Waals surface area contributed by atoms with E-state index in [-0.39, 0.29) is 0 Å². The minimum Gasteiger partial charge on any atom is -0.345 e. The Bertz CT molecular complexity index is 978. The standard InChI is InChI=1S/C20H19F3N4O3/c1-11(25-15(28)8-9-20(21,22)23)18(29)26-16-13-6-3-2-5-12(13)14-7-4-10-24-17(14)27-19(16)30/h2-7,10-11,16H,8-9H2,1H3,(H,25,28)(H,26,29)(H,24,27,30)/t11-,16-/m0/s1. The van der Waals surface area contributed by atoms with Gasteiger partial charge < -0.3 is 16.0 Å². The molecule has 3 N–H and O–H groups in total. The van der Waals surface area contributed by atoms with Gasteiger partial charge in [0.25, 0.3) is 5.91 Å². The van der Waals surface area contributed by atoms with E-state index in [2.05, 4.69) is 20.9 Å². The number of nitrogens with one attached hydrogen (secondary N) is 3. The van der Waals surface area contributed by atoms with Crippen LogP contribution in [0, 0.1) is 0 Å². The first-order valence-corrected chi connectivity index (χ1v) is 9.17. The Morgan fingerprint density at radius 2 is 1.87 bits per heavy atom. The van der Waals surface area contributed by atoms with E-state index in [1.807, 2.05) is 0 Å². The molecular formula is C20H19F3N4O3. The van der Waals surface area contributed by atoms with Crippen molar-refractivity contribution in [2.45, 2.75) is 38.0 Å². The van der Waals surface area contributed by atoms with E-state index in [0.717, 1.165) is 0 Å². The molecular weight excluding hydrogens is 401 g/mol. The van der Waals surface area contributed by atoms with Crippen LogP contribution in [0.15, 0.2) is 42.6 Å². The van der Waals surface area contributed by atoms with Crippen LogP contribution in [-0.4, -0.2) is 34.9 Å². The smallest absolute Gasteiger partial charge is 0.345 e. The van der Waals surface area contributed by atoms with Gasteiger partial charge >= 0.3 is 6.18 Å². The number of pyridine rings is 1. The van der Waals surface area contributed by atoms with Gasteiger partial charge in [0.1, 0.15) is 17.9 Å². The second-order valence-electron chi connectivity index (χ2n) is 6.82. The number of aromatic nitrogens is 1. The van der Waals surface area contributed by atoms with Crippen molar-refractivity contribution in [1.82, 2.24) is 15.6 Å². The number of halogens is 3. The third-order valence-corrected chi connectivity index (χ3v) is 4.57. The molecule has 0 fully saturated rings. The van der Waals surface area contributed by atoms with Crippen LogP contribution in [0.3, 0.4) is 0 Å². The van der Waals surface area contributed by atoms with Crippen molar-refractivity contribution >= 4 is 23.5 Å². The summed E-state index contributed by atoms with van der Waals surface area (Å²) < 4.78 is 36.7. The largest absolute Gasteiger partial charge is 0.389 e. The van der Waals surface area contributed by atoms with Gasteiger partial charge in [-0.25, -0.2) is 4.98 Å². The lowest BCUT2D eigenvalue weighted by atomic mass is 9.96. The Hall–Kier alpha value is -3.43. The molecule has 0 unspecified atom stereocenters. The third-order valence-electron chi connectivity index (χ3n) is 4.57. The van der Waals surface area contributed by atoms with E-state index in [9.17, 15) is 27.6 Å². The summed E-state index contributed by atoms with van der Waals surface area (Å²) in [6.07, 6.45) is -5.00. The van der Waals surface area contributed by atoms with Crippen LogP contribution >= 0.6 is 0 Å². The van der Waals surface area contributed by atoms with Gasteiger partial charge in [0.2, 0.25) is 11.8 Å². The zero-order chi connectivity index (χ0) is 21.9. The molecule has 0 bridgehead atoms. The fourth-order valence-electron chi connectivity index (χ4n) is 3.09. The molecule has 7 nitrogen and oxygen atoms in total. The van der Waals surface area contributed by atoms with E-state index in [1.165, 1.54) is 13.1 Å². The van der Waals surface area contributed by atoms with Crippen LogP contribution in [0.25, 0.3) is 11.1 Å². The number of rotatable bonds is 5. The normalized spacial score (nSPS) is 16.4. The van der Waals surface area contributed by atoms with Crippen LogP contribution in [-0.2, 0) is 14.4 Å². The highest BCUT2D eigenvalue weighted by Gasteiger charge is 2.32. The van der Waals surface area contributed by atoms with Crippen molar-refractivity contribution in [3.63, 3.8) is 0 Å². The highest BCUT2D eigenvalue weighted by Crippen LogP contribution is 2.35. The summed E-state index contributed by atoms with van der Waals surface area (Å²) in [4.78, 5) is 41.1. The molecule has 30 heavy (non-hydrogen) atoms. The summed E-state index contributed by atoms with van der Waals surface area (Å²) in [5.74, 6) is -1.79. The Morgan fingerprint density at radius 3 is 2.60 bits per heavy atom. The zero-order valence-corrected chi connectivity index (χ0v) is 15.9. The predicted octanol–water partition coefficient (Wildman–Crippen LogP) is 2.71. The van der Waals surface area contributed by atoms with E-state index in [4.69, 9.17) is 0 Å². The van der Waals surface area contributed by atoms with Crippen molar-refractivity contribution in [3.8, 4) is 11.1 Å². The molecule has 0 aliphatic carbocycles. The Kier molecular flexibility index (Phi) is 6.04. The molecule has 0 saturated carbocycles. The molecule has 158 valence electrons. The van der Waals surface area contributed by atoms with Crippen molar-refractivity contribution in [1.29, 1.82) is 0 Å². The molecule has 2 heterocycles. The number of carbonyl (C=O) groups is 3. The highest BCUT2D eigenvalue weighted by atomic mass is 19.4. The maximum atomic E-state index is 12.8. The molecule has 3 rings (SSSR count). The topological polar surface area (TPSA) is 100 Å². The summed E-state index contributed by atoms with van der Waals surface area (Å²) in [7, 11) is 0. The lowest BCUT2D eigenvalue weighted by Gasteiger charge is -2.21. The van der Waals surface area contributed by atoms with E-state index >= 15 is 0 Å². The molecule has 0 radical (unpaired) electrons. The number of nitrogens with zero attached hydrogens (tertiary/aromatic N) is 1. The number of amides is 3. The Labute approximate surface area is 170 Å². The third kappa shape index (κ3) is 4.94. The number of alkyl halides is 3. The van der Waals surface area contributed by atoms with Crippen molar-refractivity contribution in [3.05, 3.63) is 48.2 Å². The first-order valence-electron chi connectivity index (χ1n) is 9.17. The molecule has 0 spiro atoms. The van der Waals surface area contributed by atoms with Crippen molar-refractivity contribution < 1.29 is 27.6 Å². The quantitative estimate of drug-likeness (QED) is 0.693. The molecule has 0 saturated heterocycles. The fourth-order valence-corrected chi connectivity index (χ4v) is 3.09. The van der Waals surface area contributed by atoms with Gasteiger partial charge in [0.05, 0.1) is 6.42 Å². The number of hydrogen-bond acceptors (Lipinski definition) is 4. The van der Waals surface area contributed by atoms with Crippen molar-refractivity contribution in [2.24, 2.45) is 0 Å². The average Bonchev–Trinajstić information content (AvgIpc) is 2.81. The monoisotopic (exact) mass is 420 g/mol. The maximum Gasteiger partial charge on any atom is 0.389 e. The van der Waals surface area contributed by atoms with Gasteiger partial charge in [0, 0.05) is 18.2 Å². The van der Waals surface area contributed by atoms with Gasteiger partial charge in [-0.15, -0.1) is 0 Å². The van der Waals surface area contributed by atoms with Crippen LogP contribution < -0.4 is 16.0 Å². The van der Waals surface area contributed by atoms with Gasteiger partial charge in [-0.2, -0.15) is 13.2 Å². The van der Waals surface area contributed by atoms with E-state index < -0.39 is 48.8 Å². The first kappa shape index (κ1) is 21.3. The molecule has 2 atom stereocenters. The second-order valence-corrected chi connectivity index (χ2v) is 6.82. The lowest BCUT2D eigenvalue weighted by Crippen LogP contribution is -2.48. The van der Waals surface area contributed by atoms with Crippen LogP contribution in [0.1, 0.15) is 31.4 Å². The highest BCUT2D eigenvalue weighted by molar-refractivity contribution is 6.04. The Morgan fingerprint density at radius 1 is 1.17 bits per heavy atom. The summed E-state index contributed by atoms with van der Waals surface area (Å²) in [5.41, 5.74) is 1.92. The van der Waals surface area contributed by atoms with Crippen LogP contribution in [0.4, 0.5) is 19.0 Å². The van der Waals surface area contributed by atoms with Crippen LogP contribution in [0.5, 0.6) is 0 Å². The van der Waals surface area contributed by atoms with E-state index in [0.29, 0.717) is 22.5 Å². The molecule has 1 aliphatic heterocycles. The summed E-state index contributed by atoms with van der Waals surface area (Å²) in [5, 5.41) is 7.44. The van der Waals surface area contributed by atoms with Gasteiger partial charge in [-0.1, -0.05) is 24.3 Å². The van der Waals surface area contributed by atoms with Crippen molar-refractivity contribution in [2.75, 3.05) is 5.32 Å². The van der Waals surface area contributed by atoms with Gasteiger partial charge in [0.15, 0.2) is 0 Å². The van der Waals surface area contributed by atoms with E-state index in [1.54, 1.807) is 36.4 Å². The number of benzene rings is 1. The lowest BCUT2D eigenvalue weighted by molar-refractivity contribution is -0.144. The van der Waals surface area contributed by atoms with Crippen LogP contribution in [0.2, 0.25) is 0 Å². The summed E-state index contributed by atoms with van der Waals surface area (Å²) >= 11 is 0. The van der Waals surface area contributed by atoms with Gasteiger partial charge in [-0.05, 0) is 30.2 Å². The minimum absolute atomic E-state index is 0.347. The number of anilines is 1. The summed E-state index contributed by atoms with van der Waals surface area (Å²) in [6.45, 7) is 1.33. The molecule has 3 amide bonds. The first-order chi connectivity index (χ1) is 14.2. The minimum atomic E-state index is -4.46. The summed E-state index contributed by atoms with van der Waals surface area (Å²) in [6, 6.07) is 8.29. The predicted molar refractivity (Wildman–Crippen MR) is 102 cm³/mol. The second kappa shape index (κ2) is 8.52. The zero-order valence-electron chi connectivity index (χ0n) is 15.9. The molecule has 2 aromatic rings. The number of carbonyl (C=O) groups excluding carboxylic acids is 3. The number of hydrogen-bond donors (Lipinski definition) is 3.